The second kappa shape index (κ2) is 6.67. The molecule has 2 aliphatic rings. The Labute approximate surface area is 120 Å². The number of ether oxygens (including phenoxy) is 1. The van der Waals surface area contributed by atoms with Crippen LogP contribution in [-0.2, 0) is 4.74 Å². The van der Waals surface area contributed by atoms with Crippen molar-refractivity contribution in [1.29, 1.82) is 0 Å². The van der Waals surface area contributed by atoms with Crippen LogP contribution in [0, 0.1) is 0 Å². The summed E-state index contributed by atoms with van der Waals surface area (Å²) in [5.74, 6) is 0. The van der Waals surface area contributed by atoms with E-state index in [1.165, 1.54) is 36.3 Å². The summed E-state index contributed by atoms with van der Waals surface area (Å²) in [4.78, 5) is 1.42. The molecule has 1 aliphatic heterocycles. The fourth-order valence-corrected chi connectivity index (χ4v) is 4.15. The molecule has 1 aromatic rings. The fourth-order valence-electron chi connectivity index (χ4n) is 2.91. The van der Waals surface area contributed by atoms with E-state index < -0.39 is 0 Å². The second-order valence-electron chi connectivity index (χ2n) is 5.58. The Balaban J connectivity index is 1.52. The van der Waals surface area contributed by atoms with E-state index in [1.54, 1.807) is 0 Å². The Bertz CT molecular complexity index is 380. The van der Waals surface area contributed by atoms with Crippen molar-refractivity contribution in [3.63, 3.8) is 0 Å². The van der Waals surface area contributed by atoms with Gasteiger partial charge in [0.25, 0.3) is 0 Å². The minimum absolute atomic E-state index is 0.585. The van der Waals surface area contributed by atoms with Crippen LogP contribution in [0.3, 0.4) is 0 Å². The normalized spacial score (nSPS) is 21.7. The van der Waals surface area contributed by atoms with Crippen LogP contribution >= 0.6 is 11.8 Å². The zero-order valence-corrected chi connectivity index (χ0v) is 12.3. The molecule has 0 spiro atoms. The smallest absolute Gasteiger partial charge is 0.0485 e. The van der Waals surface area contributed by atoms with Gasteiger partial charge in [0.15, 0.2) is 0 Å². The molecule has 3 heteroatoms. The van der Waals surface area contributed by atoms with Gasteiger partial charge in [-0.1, -0.05) is 12.8 Å². The largest absolute Gasteiger partial charge is 0.382 e. The topological polar surface area (TPSA) is 21.3 Å². The Morgan fingerprint density at radius 2 is 1.63 bits per heavy atom. The second-order valence-corrected chi connectivity index (χ2v) is 6.95. The average molecular weight is 277 g/mol. The quantitative estimate of drug-likeness (QED) is 0.886. The summed E-state index contributed by atoms with van der Waals surface area (Å²) in [6, 6.07) is 9.58. The van der Waals surface area contributed by atoms with Gasteiger partial charge in [0, 0.05) is 35.1 Å². The first-order valence-corrected chi connectivity index (χ1v) is 8.39. The van der Waals surface area contributed by atoms with E-state index in [2.05, 4.69) is 41.3 Å². The van der Waals surface area contributed by atoms with Crippen molar-refractivity contribution >= 4 is 17.4 Å². The van der Waals surface area contributed by atoms with Crippen molar-refractivity contribution in [2.24, 2.45) is 0 Å². The number of anilines is 1. The van der Waals surface area contributed by atoms with Gasteiger partial charge in [-0.15, -0.1) is 11.8 Å². The van der Waals surface area contributed by atoms with Crippen molar-refractivity contribution in [2.45, 2.75) is 54.7 Å². The van der Waals surface area contributed by atoms with Gasteiger partial charge in [0.2, 0.25) is 0 Å². The molecule has 1 saturated carbocycles. The maximum atomic E-state index is 5.39. The van der Waals surface area contributed by atoms with Crippen molar-refractivity contribution in [3.05, 3.63) is 24.3 Å². The predicted molar refractivity (Wildman–Crippen MR) is 82.0 cm³/mol. The SMILES string of the molecule is c1cc(SC2CCCC2)ccc1NC1CCOCC1. The highest BCUT2D eigenvalue weighted by atomic mass is 32.2. The van der Waals surface area contributed by atoms with Gasteiger partial charge >= 0.3 is 0 Å². The molecule has 1 N–H and O–H groups in total. The molecule has 3 rings (SSSR count). The van der Waals surface area contributed by atoms with Crippen molar-refractivity contribution < 1.29 is 4.74 Å². The minimum Gasteiger partial charge on any atom is -0.382 e. The van der Waals surface area contributed by atoms with Gasteiger partial charge < -0.3 is 10.1 Å². The first-order chi connectivity index (χ1) is 9.40. The van der Waals surface area contributed by atoms with E-state index in [1.807, 2.05) is 0 Å². The molecule has 0 bridgehead atoms. The number of thioether (sulfide) groups is 1. The molecule has 19 heavy (non-hydrogen) atoms. The zero-order valence-electron chi connectivity index (χ0n) is 11.4. The van der Waals surface area contributed by atoms with Gasteiger partial charge in [-0.05, 0) is 49.9 Å². The van der Waals surface area contributed by atoms with Crippen LogP contribution in [0.1, 0.15) is 38.5 Å². The minimum atomic E-state index is 0.585. The summed E-state index contributed by atoms with van der Waals surface area (Å²) >= 11 is 2.06. The Hall–Kier alpha value is -0.670. The summed E-state index contributed by atoms with van der Waals surface area (Å²) in [5, 5.41) is 4.47. The van der Waals surface area contributed by atoms with Crippen molar-refractivity contribution in [1.82, 2.24) is 0 Å². The van der Waals surface area contributed by atoms with Crippen LogP contribution < -0.4 is 5.32 Å². The molecule has 0 radical (unpaired) electrons. The van der Waals surface area contributed by atoms with E-state index in [-0.39, 0.29) is 0 Å². The highest BCUT2D eigenvalue weighted by Crippen LogP contribution is 2.35. The molecule has 104 valence electrons. The van der Waals surface area contributed by atoms with Gasteiger partial charge in [0.1, 0.15) is 0 Å². The molecule has 1 heterocycles. The number of nitrogens with one attached hydrogen (secondary N) is 1. The van der Waals surface area contributed by atoms with Crippen LogP contribution in [-0.4, -0.2) is 24.5 Å². The highest BCUT2D eigenvalue weighted by molar-refractivity contribution is 8.00. The molecule has 0 atom stereocenters. The summed E-state index contributed by atoms with van der Waals surface area (Å²) < 4.78 is 5.39. The van der Waals surface area contributed by atoms with Gasteiger partial charge in [0.05, 0.1) is 0 Å². The highest BCUT2D eigenvalue weighted by Gasteiger charge is 2.16. The molecule has 0 unspecified atom stereocenters. The Morgan fingerprint density at radius 1 is 0.947 bits per heavy atom. The van der Waals surface area contributed by atoms with E-state index in [4.69, 9.17) is 4.74 Å². The van der Waals surface area contributed by atoms with E-state index in [0.29, 0.717) is 6.04 Å². The van der Waals surface area contributed by atoms with E-state index in [0.717, 1.165) is 31.3 Å². The third-order valence-electron chi connectivity index (χ3n) is 4.05. The van der Waals surface area contributed by atoms with Crippen molar-refractivity contribution in [2.75, 3.05) is 18.5 Å². The van der Waals surface area contributed by atoms with Crippen LogP contribution in [0.2, 0.25) is 0 Å². The van der Waals surface area contributed by atoms with Crippen LogP contribution in [0.5, 0.6) is 0 Å². The molecule has 1 saturated heterocycles. The molecule has 2 nitrogen and oxygen atoms in total. The molecule has 1 aromatic carbocycles. The summed E-state index contributed by atoms with van der Waals surface area (Å²) in [7, 11) is 0. The van der Waals surface area contributed by atoms with Crippen LogP contribution in [0.4, 0.5) is 5.69 Å². The van der Waals surface area contributed by atoms with Crippen molar-refractivity contribution in [3.8, 4) is 0 Å². The van der Waals surface area contributed by atoms with Gasteiger partial charge in [-0.25, -0.2) is 0 Å². The molecule has 1 aliphatic carbocycles. The van der Waals surface area contributed by atoms with E-state index >= 15 is 0 Å². The summed E-state index contributed by atoms with van der Waals surface area (Å²) in [6.07, 6.45) is 7.87. The molecular weight excluding hydrogens is 254 g/mol. The monoisotopic (exact) mass is 277 g/mol. The number of benzene rings is 1. The molecular formula is C16H23NOS. The van der Waals surface area contributed by atoms with Gasteiger partial charge in [-0.2, -0.15) is 0 Å². The lowest BCUT2D eigenvalue weighted by molar-refractivity contribution is 0.0904. The first kappa shape index (κ1) is 13.3. The number of hydrogen-bond donors (Lipinski definition) is 1. The molecule has 0 amide bonds. The van der Waals surface area contributed by atoms with Gasteiger partial charge in [-0.3, -0.25) is 0 Å². The Morgan fingerprint density at radius 3 is 2.32 bits per heavy atom. The standard InChI is InChI=1S/C16H23NOS/c1-2-4-15(3-1)19-16-7-5-13(6-8-16)17-14-9-11-18-12-10-14/h5-8,14-15,17H,1-4,9-12H2. The average Bonchev–Trinajstić information content (AvgIpc) is 2.95. The first-order valence-electron chi connectivity index (χ1n) is 7.51. The fraction of sp³-hybridized carbons (Fsp3) is 0.625. The maximum Gasteiger partial charge on any atom is 0.0485 e. The zero-order chi connectivity index (χ0) is 12.9. The molecule has 2 fully saturated rings. The van der Waals surface area contributed by atoms with E-state index in [9.17, 15) is 0 Å². The number of rotatable bonds is 4. The summed E-state index contributed by atoms with van der Waals surface area (Å²) in [5.41, 5.74) is 1.25. The lowest BCUT2D eigenvalue weighted by atomic mass is 10.1. The molecule has 0 aromatic heterocycles. The van der Waals surface area contributed by atoms with Crippen LogP contribution in [0.15, 0.2) is 29.2 Å². The number of hydrogen-bond acceptors (Lipinski definition) is 3. The Kier molecular flexibility index (Phi) is 4.67. The lowest BCUT2D eigenvalue weighted by Gasteiger charge is -2.24. The lowest BCUT2D eigenvalue weighted by Crippen LogP contribution is -2.27. The predicted octanol–water partition coefficient (Wildman–Crippen LogP) is 4.31. The maximum absolute atomic E-state index is 5.39. The van der Waals surface area contributed by atoms with Crippen LogP contribution in [0.25, 0.3) is 0 Å². The summed E-state index contributed by atoms with van der Waals surface area (Å²) in [6.45, 7) is 1.79. The third-order valence-corrected chi connectivity index (χ3v) is 5.40. The third kappa shape index (κ3) is 3.90.